The number of aromatic nitrogens is 2. The zero-order valence-corrected chi connectivity index (χ0v) is 14.1. The van der Waals surface area contributed by atoms with Gasteiger partial charge in [-0.05, 0) is 24.9 Å². The SMILES string of the molecule is CCCN(Cc1noc(CN)n1)C(CC)c1ccccc1.Cl. The van der Waals surface area contributed by atoms with Gasteiger partial charge in [-0.15, -0.1) is 12.4 Å². The van der Waals surface area contributed by atoms with E-state index in [9.17, 15) is 0 Å². The van der Waals surface area contributed by atoms with Gasteiger partial charge in [-0.1, -0.05) is 49.3 Å². The largest absolute Gasteiger partial charge is 0.338 e. The van der Waals surface area contributed by atoms with Crippen molar-refractivity contribution in [3.63, 3.8) is 0 Å². The van der Waals surface area contributed by atoms with Crippen LogP contribution < -0.4 is 5.73 Å². The van der Waals surface area contributed by atoms with E-state index in [2.05, 4.69) is 53.2 Å². The molecule has 0 amide bonds. The molecule has 0 saturated heterocycles. The lowest BCUT2D eigenvalue weighted by Gasteiger charge is -2.30. The first-order valence-electron chi connectivity index (χ1n) is 7.59. The molecule has 0 aliphatic heterocycles. The molecule has 0 spiro atoms. The lowest BCUT2D eigenvalue weighted by molar-refractivity contribution is 0.176. The second-order valence-electron chi connectivity index (χ2n) is 5.11. The van der Waals surface area contributed by atoms with Crippen LogP contribution in [-0.2, 0) is 13.1 Å². The van der Waals surface area contributed by atoms with Gasteiger partial charge in [0.25, 0.3) is 0 Å². The molecule has 1 aromatic carbocycles. The molecule has 0 bridgehead atoms. The molecule has 1 heterocycles. The van der Waals surface area contributed by atoms with Gasteiger partial charge in [-0.3, -0.25) is 4.90 Å². The first kappa shape index (κ1) is 18.6. The van der Waals surface area contributed by atoms with E-state index >= 15 is 0 Å². The van der Waals surface area contributed by atoms with E-state index in [1.54, 1.807) is 0 Å². The molecule has 6 heteroatoms. The number of nitrogens with zero attached hydrogens (tertiary/aromatic N) is 3. The van der Waals surface area contributed by atoms with Crippen molar-refractivity contribution in [1.82, 2.24) is 15.0 Å². The fourth-order valence-electron chi connectivity index (χ4n) is 2.63. The van der Waals surface area contributed by atoms with Gasteiger partial charge in [0.1, 0.15) is 0 Å². The second kappa shape index (κ2) is 9.56. The summed E-state index contributed by atoms with van der Waals surface area (Å²) in [5.74, 6) is 1.20. The Bertz CT molecular complexity index is 532. The van der Waals surface area contributed by atoms with Crippen LogP contribution in [0.1, 0.15) is 50.0 Å². The maximum Gasteiger partial charge on any atom is 0.240 e. The molecule has 122 valence electrons. The maximum absolute atomic E-state index is 5.52. The number of halogens is 1. The third kappa shape index (κ3) is 4.80. The van der Waals surface area contributed by atoms with Crippen LogP contribution in [0.5, 0.6) is 0 Å². The molecule has 1 atom stereocenters. The maximum atomic E-state index is 5.52. The number of benzene rings is 1. The number of hydrogen-bond donors (Lipinski definition) is 1. The molecule has 0 radical (unpaired) electrons. The molecule has 0 saturated carbocycles. The first-order valence-corrected chi connectivity index (χ1v) is 7.59. The first-order chi connectivity index (χ1) is 10.3. The van der Waals surface area contributed by atoms with Gasteiger partial charge in [0, 0.05) is 6.04 Å². The summed E-state index contributed by atoms with van der Waals surface area (Å²) in [5, 5.41) is 4.01. The molecule has 22 heavy (non-hydrogen) atoms. The molecule has 0 aliphatic rings. The van der Waals surface area contributed by atoms with Crippen LogP contribution in [-0.4, -0.2) is 21.6 Å². The van der Waals surface area contributed by atoms with Gasteiger partial charge in [-0.25, -0.2) is 0 Å². The van der Waals surface area contributed by atoms with Crippen LogP contribution in [0.15, 0.2) is 34.9 Å². The Balaban J connectivity index is 0.00000242. The minimum Gasteiger partial charge on any atom is -0.338 e. The molecule has 2 aromatic rings. The highest BCUT2D eigenvalue weighted by atomic mass is 35.5. The fraction of sp³-hybridized carbons (Fsp3) is 0.500. The van der Waals surface area contributed by atoms with E-state index in [-0.39, 0.29) is 19.0 Å². The molecule has 1 aromatic heterocycles. The Morgan fingerprint density at radius 3 is 2.50 bits per heavy atom. The van der Waals surface area contributed by atoms with Crippen molar-refractivity contribution in [3.8, 4) is 0 Å². The third-order valence-corrected chi connectivity index (χ3v) is 3.55. The van der Waals surface area contributed by atoms with Gasteiger partial charge >= 0.3 is 0 Å². The van der Waals surface area contributed by atoms with Crippen LogP contribution in [0, 0.1) is 0 Å². The molecular formula is C16H25ClN4O. The van der Waals surface area contributed by atoms with Crippen LogP contribution in [0.2, 0.25) is 0 Å². The van der Waals surface area contributed by atoms with Crippen molar-refractivity contribution in [1.29, 1.82) is 0 Å². The minimum atomic E-state index is 0. The summed E-state index contributed by atoms with van der Waals surface area (Å²) in [6.45, 7) is 6.37. The average Bonchev–Trinajstić information content (AvgIpc) is 2.97. The number of rotatable bonds is 8. The van der Waals surface area contributed by atoms with Crippen LogP contribution in [0.4, 0.5) is 0 Å². The molecule has 0 fully saturated rings. The average molecular weight is 325 g/mol. The normalized spacial score (nSPS) is 12.2. The van der Waals surface area contributed by atoms with Gasteiger partial charge in [0.15, 0.2) is 5.82 Å². The quantitative estimate of drug-likeness (QED) is 0.806. The van der Waals surface area contributed by atoms with Gasteiger partial charge < -0.3 is 10.3 Å². The highest BCUT2D eigenvalue weighted by molar-refractivity contribution is 5.85. The highest BCUT2D eigenvalue weighted by Crippen LogP contribution is 2.25. The Morgan fingerprint density at radius 2 is 1.95 bits per heavy atom. The second-order valence-corrected chi connectivity index (χ2v) is 5.11. The van der Waals surface area contributed by atoms with E-state index in [0.717, 1.165) is 19.4 Å². The van der Waals surface area contributed by atoms with E-state index in [1.165, 1.54) is 5.56 Å². The standard InChI is InChI=1S/C16H24N4O.ClH/c1-3-10-20(12-15-18-16(11-17)21-19-15)14(4-2)13-8-6-5-7-9-13;/h5-9,14H,3-4,10-12,17H2,1-2H3;1H. The topological polar surface area (TPSA) is 68.2 Å². The number of nitrogens with two attached hydrogens (primary N) is 1. The lowest BCUT2D eigenvalue weighted by Crippen LogP contribution is -2.29. The van der Waals surface area contributed by atoms with E-state index in [0.29, 0.717) is 24.3 Å². The van der Waals surface area contributed by atoms with Crippen LogP contribution in [0.3, 0.4) is 0 Å². The summed E-state index contributed by atoms with van der Waals surface area (Å²) in [6, 6.07) is 10.9. The van der Waals surface area contributed by atoms with E-state index in [1.807, 2.05) is 6.07 Å². The van der Waals surface area contributed by atoms with Crippen molar-refractivity contribution in [2.45, 2.75) is 45.8 Å². The number of hydrogen-bond acceptors (Lipinski definition) is 5. The smallest absolute Gasteiger partial charge is 0.240 e. The predicted molar refractivity (Wildman–Crippen MR) is 89.6 cm³/mol. The third-order valence-electron chi connectivity index (χ3n) is 3.55. The molecule has 0 aliphatic carbocycles. The fourth-order valence-corrected chi connectivity index (χ4v) is 2.63. The Kier molecular flexibility index (Phi) is 8.09. The zero-order chi connectivity index (χ0) is 15.1. The molecular weight excluding hydrogens is 300 g/mol. The van der Waals surface area contributed by atoms with Gasteiger partial charge in [0.2, 0.25) is 5.89 Å². The summed E-state index contributed by atoms with van der Waals surface area (Å²) in [6.07, 6.45) is 2.14. The zero-order valence-electron chi connectivity index (χ0n) is 13.2. The summed E-state index contributed by atoms with van der Waals surface area (Å²) < 4.78 is 5.10. The summed E-state index contributed by atoms with van der Waals surface area (Å²) in [7, 11) is 0. The van der Waals surface area contributed by atoms with Gasteiger partial charge in [0.05, 0.1) is 13.1 Å². The predicted octanol–water partition coefficient (Wildman–Crippen LogP) is 3.31. The summed E-state index contributed by atoms with van der Waals surface area (Å²) in [5.41, 5.74) is 6.85. The van der Waals surface area contributed by atoms with Crippen LogP contribution in [0.25, 0.3) is 0 Å². The van der Waals surface area contributed by atoms with Crippen molar-refractivity contribution in [3.05, 3.63) is 47.6 Å². The van der Waals surface area contributed by atoms with E-state index < -0.39 is 0 Å². The molecule has 2 N–H and O–H groups in total. The van der Waals surface area contributed by atoms with Crippen LogP contribution >= 0.6 is 12.4 Å². The summed E-state index contributed by atoms with van der Waals surface area (Å²) >= 11 is 0. The van der Waals surface area contributed by atoms with Crippen molar-refractivity contribution in [2.24, 2.45) is 5.73 Å². The monoisotopic (exact) mass is 324 g/mol. The van der Waals surface area contributed by atoms with Gasteiger partial charge in [-0.2, -0.15) is 4.98 Å². The molecule has 5 nitrogen and oxygen atoms in total. The summed E-state index contributed by atoms with van der Waals surface area (Å²) in [4.78, 5) is 6.72. The Morgan fingerprint density at radius 1 is 1.23 bits per heavy atom. The lowest BCUT2D eigenvalue weighted by atomic mass is 10.0. The van der Waals surface area contributed by atoms with Crippen molar-refractivity contribution < 1.29 is 4.52 Å². The Labute approximate surface area is 138 Å². The van der Waals surface area contributed by atoms with E-state index in [4.69, 9.17) is 10.3 Å². The Hall–Kier alpha value is -1.43. The minimum absolute atomic E-state index is 0. The molecule has 2 rings (SSSR count). The van der Waals surface area contributed by atoms with Crippen molar-refractivity contribution >= 4 is 12.4 Å². The van der Waals surface area contributed by atoms with Crippen molar-refractivity contribution in [2.75, 3.05) is 6.54 Å². The molecule has 1 unspecified atom stereocenters. The highest BCUT2D eigenvalue weighted by Gasteiger charge is 2.20.